The fourth-order valence-corrected chi connectivity index (χ4v) is 2.10. The molecular formula is C17H36N4O2. The van der Waals surface area contributed by atoms with Crippen molar-refractivity contribution in [1.82, 2.24) is 16.0 Å². The molecule has 0 aromatic rings. The first-order chi connectivity index (χ1) is 10.8. The Bertz CT molecular complexity index is 345. The lowest BCUT2D eigenvalue weighted by Crippen LogP contribution is -2.43. The maximum Gasteiger partial charge on any atom is 0.225 e. The minimum absolute atomic E-state index is 0.0483. The highest BCUT2D eigenvalue weighted by Gasteiger charge is 2.20. The molecule has 0 aliphatic rings. The molecule has 0 spiro atoms. The van der Waals surface area contributed by atoms with Crippen LogP contribution < -0.4 is 16.0 Å². The van der Waals surface area contributed by atoms with E-state index in [1.165, 1.54) is 0 Å². The molecule has 0 rings (SSSR count). The molecule has 6 heteroatoms. The second kappa shape index (κ2) is 12.2. The lowest BCUT2D eigenvalue weighted by Gasteiger charge is -2.18. The zero-order valence-electron chi connectivity index (χ0n) is 15.5. The van der Waals surface area contributed by atoms with Gasteiger partial charge in [-0.3, -0.25) is 9.79 Å². The normalized spacial score (nSPS) is 13.6. The molecule has 136 valence electrons. The summed E-state index contributed by atoms with van der Waals surface area (Å²) >= 11 is 0. The van der Waals surface area contributed by atoms with Gasteiger partial charge in [0.15, 0.2) is 5.96 Å². The molecule has 23 heavy (non-hydrogen) atoms. The Balaban J connectivity index is 4.28. The van der Waals surface area contributed by atoms with Gasteiger partial charge in [-0.05, 0) is 25.7 Å². The van der Waals surface area contributed by atoms with Crippen LogP contribution in [0.3, 0.4) is 0 Å². The van der Waals surface area contributed by atoms with E-state index in [2.05, 4.69) is 27.9 Å². The standard InChI is InChI=1S/C17H36N4O2/c1-6-8-14(9-12-22)13-21-16(18-7-2)20-11-10-19-15(23)17(3,4)5/h14,22H,6-13H2,1-5H3,(H,19,23)(H2,18,20,21). The minimum atomic E-state index is -0.365. The fourth-order valence-electron chi connectivity index (χ4n) is 2.10. The summed E-state index contributed by atoms with van der Waals surface area (Å²) in [6, 6.07) is 0. The Labute approximate surface area is 141 Å². The highest BCUT2D eigenvalue weighted by Crippen LogP contribution is 2.12. The number of carbonyl (C=O) groups excluding carboxylic acids is 1. The third kappa shape index (κ3) is 11.0. The fraction of sp³-hybridized carbons (Fsp3) is 0.882. The third-order valence-electron chi connectivity index (χ3n) is 3.47. The number of amides is 1. The summed E-state index contributed by atoms with van der Waals surface area (Å²) in [4.78, 5) is 16.4. The number of nitrogens with zero attached hydrogens (tertiary/aromatic N) is 1. The summed E-state index contributed by atoms with van der Waals surface area (Å²) in [5.41, 5.74) is -0.365. The van der Waals surface area contributed by atoms with Gasteiger partial charge in [0.2, 0.25) is 5.91 Å². The second-order valence-electron chi connectivity index (χ2n) is 6.82. The molecule has 0 heterocycles. The van der Waals surface area contributed by atoms with Crippen molar-refractivity contribution in [2.24, 2.45) is 16.3 Å². The number of hydrogen-bond donors (Lipinski definition) is 4. The van der Waals surface area contributed by atoms with Crippen LogP contribution in [0.25, 0.3) is 0 Å². The minimum Gasteiger partial charge on any atom is -0.396 e. The van der Waals surface area contributed by atoms with Crippen LogP contribution in [0.15, 0.2) is 4.99 Å². The van der Waals surface area contributed by atoms with E-state index in [9.17, 15) is 4.79 Å². The average molecular weight is 329 g/mol. The topological polar surface area (TPSA) is 85.8 Å². The summed E-state index contributed by atoms with van der Waals surface area (Å²) in [6.07, 6.45) is 2.96. The van der Waals surface area contributed by atoms with Crippen LogP contribution in [-0.2, 0) is 4.79 Å². The molecule has 0 aromatic carbocycles. The van der Waals surface area contributed by atoms with Crippen molar-refractivity contribution in [3.63, 3.8) is 0 Å². The van der Waals surface area contributed by atoms with Gasteiger partial charge in [0.25, 0.3) is 0 Å². The Morgan fingerprint density at radius 2 is 1.74 bits per heavy atom. The Morgan fingerprint density at radius 1 is 1.09 bits per heavy atom. The largest absolute Gasteiger partial charge is 0.396 e. The van der Waals surface area contributed by atoms with Crippen molar-refractivity contribution < 1.29 is 9.90 Å². The van der Waals surface area contributed by atoms with Gasteiger partial charge < -0.3 is 21.1 Å². The molecule has 0 saturated carbocycles. The smallest absolute Gasteiger partial charge is 0.225 e. The molecule has 1 unspecified atom stereocenters. The summed E-state index contributed by atoms with van der Waals surface area (Å²) < 4.78 is 0. The van der Waals surface area contributed by atoms with Gasteiger partial charge in [0.05, 0.1) is 0 Å². The second-order valence-corrected chi connectivity index (χ2v) is 6.82. The van der Waals surface area contributed by atoms with Crippen LogP contribution >= 0.6 is 0 Å². The highest BCUT2D eigenvalue weighted by molar-refractivity contribution is 5.81. The Morgan fingerprint density at radius 3 is 2.26 bits per heavy atom. The molecule has 1 atom stereocenters. The zero-order valence-corrected chi connectivity index (χ0v) is 15.5. The molecule has 0 bridgehead atoms. The van der Waals surface area contributed by atoms with Crippen LogP contribution in [0.4, 0.5) is 0 Å². The van der Waals surface area contributed by atoms with E-state index in [0.29, 0.717) is 25.6 Å². The molecule has 0 aliphatic carbocycles. The summed E-state index contributed by atoms with van der Waals surface area (Å²) in [7, 11) is 0. The van der Waals surface area contributed by atoms with E-state index in [0.717, 1.165) is 31.8 Å². The zero-order chi connectivity index (χ0) is 17.7. The predicted octanol–water partition coefficient (Wildman–Crippen LogP) is 1.50. The first kappa shape index (κ1) is 21.7. The van der Waals surface area contributed by atoms with Gasteiger partial charge >= 0.3 is 0 Å². The molecule has 0 fully saturated rings. The monoisotopic (exact) mass is 328 g/mol. The van der Waals surface area contributed by atoms with Crippen LogP contribution in [0, 0.1) is 11.3 Å². The first-order valence-electron chi connectivity index (χ1n) is 8.76. The van der Waals surface area contributed by atoms with Crippen molar-refractivity contribution in [2.75, 3.05) is 32.8 Å². The van der Waals surface area contributed by atoms with E-state index in [-0.39, 0.29) is 17.9 Å². The number of carbonyl (C=O) groups is 1. The van der Waals surface area contributed by atoms with E-state index in [1.807, 2.05) is 27.7 Å². The highest BCUT2D eigenvalue weighted by atomic mass is 16.3. The number of hydrogen-bond acceptors (Lipinski definition) is 3. The third-order valence-corrected chi connectivity index (χ3v) is 3.47. The van der Waals surface area contributed by atoms with E-state index in [4.69, 9.17) is 5.11 Å². The van der Waals surface area contributed by atoms with Gasteiger partial charge in [-0.2, -0.15) is 0 Å². The van der Waals surface area contributed by atoms with Gasteiger partial charge in [0.1, 0.15) is 0 Å². The van der Waals surface area contributed by atoms with Gasteiger partial charge in [-0.15, -0.1) is 0 Å². The van der Waals surface area contributed by atoms with E-state index < -0.39 is 0 Å². The number of aliphatic hydroxyl groups is 1. The molecule has 4 N–H and O–H groups in total. The quantitative estimate of drug-likeness (QED) is 0.278. The van der Waals surface area contributed by atoms with Crippen molar-refractivity contribution in [1.29, 1.82) is 0 Å². The lowest BCUT2D eigenvalue weighted by atomic mass is 9.96. The summed E-state index contributed by atoms with van der Waals surface area (Å²) in [6.45, 7) is 12.8. The molecule has 0 aromatic heterocycles. The van der Waals surface area contributed by atoms with Crippen molar-refractivity contribution >= 4 is 11.9 Å². The van der Waals surface area contributed by atoms with Crippen LogP contribution in [-0.4, -0.2) is 49.8 Å². The molecular weight excluding hydrogens is 292 g/mol. The van der Waals surface area contributed by atoms with Gasteiger partial charge in [-0.25, -0.2) is 0 Å². The number of aliphatic imine (C=N–C) groups is 1. The van der Waals surface area contributed by atoms with Gasteiger partial charge in [-0.1, -0.05) is 34.1 Å². The van der Waals surface area contributed by atoms with Crippen molar-refractivity contribution in [2.45, 2.75) is 53.9 Å². The Kier molecular flexibility index (Phi) is 11.5. The summed E-state index contributed by atoms with van der Waals surface area (Å²) in [5, 5.41) is 18.4. The predicted molar refractivity (Wildman–Crippen MR) is 96.5 cm³/mol. The Hall–Kier alpha value is -1.30. The number of rotatable bonds is 10. The molecule has 0 aliphatic heterocycles. The number of nitrogens with one attached hydrogen (secondary N) is 3. The molecule has 0 radical (unpaired) electrons. The molecule has 6 nitrogen and oxygen atoms in total. The summed E-state index contributed by atoms with van der Waals surface area (Å²) in [5.74, 6) is 1.23. The van der Waals surface area contributed by atoms with Crippen molar-refractivity contribution in [3.8, 4) is 0 Å². The molecule has 0 saturated heterocycles. The number of guanidine groups is 1. The SMILES string of the molecule is CCCC(CCO)CN=C(NCC)NCCNC(=O)C(C)(C)C. The molecule has 1 amide bonds. The van der Waals surface area contributed by atoms with E-state index in [1.54, 1.807) is 0 Å². The lowest BCUT2D eigenvalue weighted by molar-refractivity contribution is -0.128. The van der Waals surface area contributed by atoms with E-state index >= 15 is 0 Å². The maximum absolute atomic E-state index is 11.8. The maximum atomic E-state index is 11.8. The average Bonchev–Trinajstić information content (AvgIpc) is 2.47. The van der Waals surface area contributed by atoms with Crippen LogP contribution in [0.2, 0.25) is 0 Å². The number of aliphatic hydroxyl groups excluding tert-OH is 1. The van der Waals surface area contributed by atoms with Crippen LogP contribution in [0.1, 0.15) is 53.9 Å². The van der Waals surface area contributed by atoms with Gasteiger partial charge in [0, 0.05) is 38.2 Å². The van der Waals surface area contributed by atoms with Crippen LogP contribution in [0.5, 0.6) is 0 Å². The van der Waals surface area contributed by atoms with Crippen molar-refractivity contribution in [3.05, 3.63) is 0 Å². The first-order valence-corrected chi connectivity index (χ1v) is 8.76.